The fraction of sp³-hybridized carbons (Fsp3) is 0.0606. The highest BCUT2D eigenvalue weighted by atomic mass is 79.9. The van der Waals surface area contributed by atoms with E-state index in [0.717, 1.165) is 37.1 Å². The Hall–Kier alpha value is -3.69. The predicted octanol–water partition coefficient (Wildman–Crippen LogP) is 10.4. The number of aromatic nitrogens is 1. The zero-order valence-corrected chi connectivity index (χ0v) is 26.0. The molecule has 0 aliphatic rings. The normalized spacial score (nSPS) is 11.2. The smallest absolute Gasteiger partial charge is 0.418 e. The predicted molar refractivity (Wildman–Crippen MR) is 174 cm³/mol. The minimum atomic E-state index is -6.00. The zero-order valence-electron chi connectivity index (χ0n) is 22.9. The van der Waals surface area contributed by atoms with Gasteiger partial charge >= 0.3 is 7.25 Å². The van der Waals surface area contributed by atoms with Crippen LogP contribution in [0.1, 0.15) is 11.3 Å². The third kappa shape index (κ3) is 8.91. The minimum absolute atomic E-state index is 1.06. The number of hydrogen-bond donors (Lipinski definition) is 0. The standard InChI is InChI=1S/C33H27Br2N2.BF4/c1-36(2)30-19-8-24(9-20-30)10-21-32-22-27(25-11-15-28(34)16-12-25)23-33(26-13-17-29(35)18-14-26)37(32)31-6-4-3-5-7-31;2-1(3,4)5/h3-23H,1-2H3;/q+1;-1. The van der Waals surface area contributed by atoms with Crippen LogP contribution in [0.5, 0.6) is 0 Å². The van der Waals surface area contributed by atoms with Gasteiger partial charge in [-0.15, -0.1) is 0 Å². The van der Waals surface area contributed by atoms with Crippen LogP contribution in [-0.4, -0.2) is 21.3 Å². The molecule has 214 valence electrons. The molecule has 0 saturated carbocycles. The second-order valence-corrected chi connectivity index (χ2v) is 11.4. The van der Waals surface area contributed by atoms with Crippen LogP contribution in [0.25, 0.3) is 40.2 Å². The zero-order chi connectivity index (χ0) is 30.3. The van der Waals surface area contributed by atoms with E-state index in [4.69, 9.17) is 0 Å². The SMILES string of the molecule is CN(C)c1ccc(/C=C/c2cc(-c3ccc(Br)cc3)cc(-c3ccc(Br)cc3)[n+]2-c2ccccc2)cc1.F[B-](F)(F)F. The molecule has 42 heavy (non-hydrogen) atoms. The van der Waals surface area contributed by atoms with E-state index in [2.05, 4.69) is 183 Å². The van der Waals surface area contributed by atoms with Crippen molar-refractivity contribution >= 4 is 57.0 Å². The van der Waals surface area contributed by atoms with Crippen molar-refractivity contribution in [3.05, 3.63) is 135 Å². The molecule has 2 nitrogen and oxygen atoms in total. The quantitative estimate of drug-likeness (QED) is 0.0973. The number of anilines is 1. The first-order chi connectivity index (χ1) is 20.0. The van der Waals surface area contributed by atoms with Crippen LogP contribution in [0.15, 0.2) is 124 Å². The molecule has 0 spiro atoms. The average molecular weight is 698 g/mol. The van der Waals surface area contributed by atoms with Gasteiger partial charge in [-0.05, 0) is 71.3 Å². The van der Waals surface area contributed by atoms with Crippen LogP contribution in [0.4, 0.5) is 23.0 Å². The van der Waals surface area contributed by atoms with Crippen molar-refractivity contribution < 1.29 is 21.8 Å². The van der Waals surface area contributed by atoms with E-state index in [-0.39, 0.29) is 0 Å². The monoisotopic (exact) mass is 696 g/mol. The summed E-state index contributed by atoms with van der Waals surface area (Å²) in [5.41, 5.74) is 9.17. The van der Waals surface area contributed by atoms with Gasteiger partial charge < -0.3 is 22.2 Å². The van der Waals surface area contributed by atoms with Crippen LogP contribution < -0.4 is 9.47 Å². The van der Waals surface area contributed by atoms with Crippen molar-refractivity contribution in [2.24, 2.45) is 0 Å². The molecule has 0 atom stereocenters. The summed E-state index contributed by atoms with van der Waals surface area (Å²) >= 11 is 7.17. The Bertz CT molecular complexity index is 1630. The maximum absolute atomic E-state index is 9.75. The highest BCUT2D eigenvalue weighted by molar-refractivity contribution is 9.10. The molecule has 5 rings (SSSR count). The highest BCUT2D eigenvalue weighted by Crippen LogP contribution is 2.29. The number of halogens is 6. The van der Waals surface area contributed by atoms with Gasteiger partial charge in [0.05, 0.1) is 0 Å². The summed E-state index contributed by atoms with van der Waals surface area (Å²) in [5.74, 6) is 0. The van der Waals surface area contributed by atoms with Gasteiger partial charge in [0.1, 0.15) is 0 Å². The molecule has 0 radical (unpaired) electrons. The summed E-state index contributed by atoms with van der Waals surface area (Å²) in [5, 5.41) is 0. The van der Waals surface area contributed by atoms with Crippen LogP contribution >= 0.6 is 31.9 Å². The molecule has 9 heteroatoms. The van der Waals surface area contributed by atoms with Crippen LogP contribution in [0, 0.1) is 0 Å². The lowest BCUT2D eigenvalue weighted by molar-refractivity contribution is -0.585. The van der Waals surface area contributed by atoms with Crippen molar-refractivity contribution in [2.45, 2.75) is 0 Å². The topological polar surface area (TPSA) is 7.12 Å². The average Bonchev–Trinajstić information content (AvgIpc) is 2.96. The molecule has 1 heterocycles. The molecule has 0 saturated heterocycles. The lowest BCUT2D eigenvalue weighted by Crippen LogP contribution is -2.37. The Labute approximate surface area is 260 Å². The fourth-order valence-corrected chi connectivity index (χ4v) is 4.84. The van der Waals surface area contributed by atoms with Crippen molar-refractivity contribution in [3.8, 4) is 28.1 Å². The Kier molecular flexibility index (Phi) is 10.4. The van der Waals surface area contributed by atoms with Crippen molar-refractivity contribution in [1.29, 1.82) is 0 Å². The highest BCUT2D eigenvalue weighted by Gasteiger charge is 2.22. The van der Waals surface area contributed by atoms with Crippen molar-refractivity contribution in [2.75, 3.05) is 19.0 Å². The van der Waals surface area contributed by atoms with E-state index in [1.165, 1.54) is 16.8 Å². The van der Waals surface area contributed by atoms with Crippen molar-refractivity contribution in [3.63, 3.8) is 0 Å². The van der Waals surface area contributed by atoms with Gasteiger partial charge in [-0.3, -0.25) is 0 Å². The first-order valence-electron chi connectivity index (χ1n) is 13.0. The van der Waals surface area contributed by atoms with E-state index < -0.39 is 7.25 Å². The van der Waals surface area contributed by atoms with Crippen LogP contribution in [-0.2, 0) is 0 Å². The minimum Gasteiger partial charge on any atom is -0.418 e. The molecule has 5 aromatic rings. The van der Waals surface area contributed by atoms with Gasteiger partial charge in [-0.25, -0.2) is 0 Å². The lowest BCUT2D eigenvalue weighted by Gasteiger charge is -2.12. The number of rotatable bonds is 6. The molecule has 0 fully saturated rings. The second kappa shape index (κ2) is 14.0. The molecule has 0 unspecified atom stereocenters. The van der Waals surface area contributed by atoms with E-state index in [1.54, 1.807) is 0 Å². The molecular formula is C33H27BBr2F4N2. The summed E-state index contributed by atoms with van der Waals surface area (Å²) in [6.45, 7) is 0. The van der Waals surface area contributed by atoms with Crippen LogP contribution in [0.2, 0.25) is 0 Å². The first-order valence-corrected chi connectivity index (χ1v) is 14.6. The molecule has 0 aliphatic heterocycles. The fourth-order valence-electron chi connectivity index (χ4n) is 4.31. The Morgan fingerprint density at radius 1 is 0.619 bits per heavy atom. The lowest BCUT2D eigenvalue weighted by atomic mass is 10.0. The molecular weight excluding hydrogens is 671 g/mol. The number of benzene rings is 4. The summed E-state index contributed by atoms with van der Waals surface area (Å²) in [4.78, 5) is 2.11. The molecule has 0 aliphatic carbocycles. The summed E-state index contributed by atoms with van der Waals surface area (Å²) in [6.07, 6.45) is 4.40. The number of pyridine rings is 1. The molecule has 0 N–H and O–H groups in total. The second-order valence-electron chi connectivity index (χ2n) is 9.55. The third-order valence-corrected chi connectivity index (χ3v) is 7.34. The molecule has 4 aromatic carbocycles. The van der Waals surface area contributed by atoms with Gasteiger partial charge in [-0.2, -0.15) is 4.57 Å². The first kappa shape index (κ1) is 31.3. The Balaban J connectivity index is 0.000000748. The van der Waals surface area contributed by atoms with E-state index >= 15 is 0 Å². The van der Waals surface area contributed by atoms with Gasteiger partial charge in [0, 0.05) is 64.6 Å². The number of hydrogen-bond acceptors (Lipinski definition) is 1. The molecule has 1 aromatic heterocycles. The summed E-state index contributed by atoms with van der Waals surface area (Å²) < 4.78 is 43.5. The molecule has 0 amide bonds. The number of para-hydroxylation sites is 1. The van der Waals surface area contributed by atoms with Gasteiger partial charge in [-0.1, -0.05) is 74.3 Å². The Morgan fingerprint density at radius 3 is 1.67 bits per heavy atom. The van der Waals surface area contributed by atoms with Gasteiger partial charge in [0.15, 0.2) is 0 Å². The maximum atomic E-state index is 9.75. The van der Waals surface area contributed by atoms with Gasteiger partial charge in [0.25, 0.3) is 0 Å². The molecule has 0 bridgehead atoms. The summed E-state index contributed by atoms with van der Waals surface area (Å²) in [7, 11) is -1.88. The van der Waals surface area contributed by atoms with E-state index in [1.807, 2.05) is 0 Å². The van der Waals surface area contributed by atoms with Crippen LogP contribution in [0.3, 0.4) is 0 Å². The van der Waals surface area contributed by atoms with Crippen molar-refractivity contribution in [1.82, 2.24) is 0 Å². The Morgan fingerprint density at radius 2 is 1.14 bits per heavy atom. The maximum Gasteiger partial charge on any atom is 0.673 e. The largest absolute Gasteiger partial charge is 0.673 e. The van der Waals surface area contributed by atoms with Gasteiger partial charge in [0.2, 0.25) is 17.1 Å². The van der Waals surface area contributed by atoms with E-state index in [9.17, 15) is 17.3 Å². The number of nitrogens with zero attached hydrogens (tertiary/aromatic N) is 2. The summed E-state index contributed by atoms with van der Waals surface area (Å²) in [6, 6.07) is 40.7. The van der Waals surface area contributed by atoms with E-state index in [0.29, 0.717) is 0 Å². The third-order valence-electron chi connectivity index (χ3n) is 6.28.